The van der Waals surface area contributed by atoms with E-state index in [4.69, 9.17) is 0 Å². The zero-order chi connectivity index (χ0) is 18.0. The molecule has 0 unspecified atom stereocenters. The van der Waals surface area contributed by atoms with Crippen molar-refractivity contribution < 1.29 is 4.79 Å². The molecule has 3 rings (SSSR count). The van der Waals surface area contributed by atoms with E-state index in [1.807, 2.05) is 12.4 Å². The maximum absolute atomic E-state index is 12.5. The van der Waals surface area contributed by atoms with Crippen LogP contribution in [-0.4, -0.2) is 51.4 Å². The van der Waals surface area contributed by atoms with Crippen molar-refractivity contribution in [3.8, 4) is 0 Å². The number of hydrogen-bond donors (Lipinski definition) is 0. The summed E-state index contributed by atoms with van der Waals surface area (Å²) in [6.07, 6.45) is 7.09. The van der Waals surface area contributed by atoms with Crippen LogP contribution in [0.5, 0.6) is 0 Å². The summed E-state index contributed by atoms with van der Waals surface area (Å²) < 4.78 is 0. The maximum atomic E-state index is 12.5. The van der Waals surface area contributed by atoms with Crippen molar-refractivity contribution in [1.82, 2.24) is 19.8 Å². The summed E-state index contributed by atoms with van der Waals surface area (Å²) in [4.78, 5) is 26.1. The summed E-state index contributed by atoms with van der Waals surface area (Å²) >= 11 is 0. The molecule has 1 aromatic heterocycles. The Labute approximate surface area is 151 Å². The summed E-state index contributed by atoms with van der Waals surface area (Å²) in [6, 6.07) is 0.495. The highest BCUT2D eigenvalue weighted by molar-refractivity contribution is 5.76. The molecule has 0 aliphatic carbocycles. The Bertz CT molecular complexity index is 584. The number of piperidine rings is 1. The summed E-state index contributed by atoms with van der Waals surface area (Å²) in [5.41, 5.74) is 1.18. The molecule has 2 fully saturated rings. The van der Waals surface area contributed by atoms with Gasteiger partial charge in [0.05, 0.1) is 0 Å². The van der Waals surface area contributed by atoms with E-state index in [-0.39, 0.29) is 0 Å². The highest BCUT2D eigenvalue weighted by Gasteiger charge is 2.40. The van der Waals surface area contributed by atoms with Crippen LogP contribution in [0, 0.1) is 11.8 Å². The van der Waals surface area contributed by atoms with Gasteiger partial charge in [-0.25, -0.2) is 9.97 Å². The van der Waals surface area contributed by atoms with Crippen molar-refractivity contribution in [2.45, 2.75) is 65.5 Å². The number of nitrogens with zero attached hydrogens (tertiary/aromatic N) is 4. The minimum atomic E-state index is 0.328. The number of aromatic nitrogens is 2. The lowest BCUT2D eigenvalue weighted by Gasteiger charge is -2.36. The highest BCUT2D eigenvalue weighted by atomic mass is 16.2. The summed E-state index contributed by atoms with van der Waals surface area (Å²) in [6.45, 7) is 12.3. The van der Waals surface area contributed by atoms with Gasteiger partial charge in [-0.1, -0.05) is 27.7 Å². The van der Waals surface area contributed by atoms with Gasteiger partial charge in [0.2, 0.25) is 5.91 Å². The third kappa shape index (κ3) is 4.38. The van der Waals surface area contributed by atoms with Gasteiger partial charge in [-0.3, -0.25) is 9.69 Å². The highest BCUT2D eigenvalue weighted by Crippen LogP contribution is 2.32. The predicted octanol–water partition coefficient (Wildman–Crippen LogP) is 3.07. The smallest absolute Gasteiger partial charge is 0.222 e. The molecule has 2 aliphatic heterocycles. The molecule has 0 spiro atoms. The molecule has 138 valence electrons. The summed E-state index contributed by atoms with van der Waals surface area (Å²) in [7, 11) is 0. The third-order valence-electron chi connectivity index (χ3n) is 5.46. The topological polar surface area (TPSA) is 49.3 Å². The Morgan fingerprint density at radius 2 is 1.92 bits per heavy atom. The fourth-order valence-corrected chi connectivity index (χ4v) is 4.13. The van der Waals surface area contributed by atoms with Gasteiger partial charge in [-0.15, -0.1) is 0 Å². The second-order valence-electron chi connectivity index (χ2n) is 8.44. The zero-order valence-electron chi connectivity index (χ0n) is 16.1. The largest absolute Gasteiger partial charge is 0.341 e. The maximum Gasteiger partial charge on any atom is 0.222 e. The van der Waals surface area contributed by atoms with Crippen molar-refractivity contribution >= 4 is 5.91 Å². The molecule has 0 radical (unpaired) electrons. The Kier molecular flexibility index (Phi) is 5.72. The average molecular weight is 345 g/mol. The van der Waals surface area contributed by atoms with Gasteiger partial charge in [0.25, 0.3) is 0 Å². The monoisotopic (exact) mass is 344 g/mol. The standard InChI is InChI=1S/C20H32N4O/c1-14(2)8-19(25)24-12-17-6-5-7-23(18(17)13-24)11-16-9-21-20(15(3)4)22-10-16/h9-10,14-15,17-18H,5-8,11-13H2,1-4H3/t17-,18+/m1/s1. The average Bonchev–Trinajstić information content (AvgIpc) is 3.00. The van der Waals surface area contributed by atoms with Crippen LogP contribution >= 0.6 is 0 Å². The molecule has 3 heterocycles. The fraction of sp³-hybridized carbons (Fsp3) is 0.750. The number of amides is 1. The molecular weight excluding hydrogens is 312 g/mol. The SMILES string of the molecule is CC(C)CC(=O)N1C[C@H]2CCCN(Cc3cnc(C(C)C)nc3)[C@H]2C1. The summed E-state index contributed by atoms with van der Waals surface area (Å²) in [5, 5.41) is 0. The van der Waals surface area contributed by atoms with E-state index in [0.29, 0.717) is 36.1 Å². The van der Waals surface area contributed by atoms with E-state index in [2.05, 4.69) is 47.5 Å². The molecule has 2 aliphatic rings. The molecule has 0 aromatic carbocycles. The lowest BCUT2D eigenvalue weighted by molar-refractivity contribution is -0.131. The van der Waals surface area contributed by atoms with E-state index in [1.54, 1.807) is 0 Å². The van der Waals surface area contributed by atoms with Crippen LogP contribution in [0.15, 0.2) is 12.4 Å². The summed E-state index contributed by atoms with van der Waals surface area (Å²) in [5.74, 6) is 2.66. The number of fused-ring (bicyclic) bond motifs is 1. The molecule has 2 atom stereocenters. The number of rotatable bonds is 5. The van der Waals surface area contributed by atoms with Gasteiger partial charge in [-0.05, 0) is 31.2 Å². The van der Waals surface area contributed by atoms with E-state index >= 15 is 0 Å². The molecule has 0 saturated carbocycles. The molecule has 0 N–H and O–H groups in total. The Balaban J connectivity index is 1.63. The van der Waals surface area contributed by atoms with E-state index in [9.17, 15) is 4.79 Å². The molecule has 25 heavy (non-hydrogen) atoms. The fourth-order valence-electron chi connectivity index (χ4n) is 4.13. The molecular formula is C20H32N4O. The van der Waals surface area contributed by atoms with Crippen molar-refractivity contribution in [3.05, 3.63) is 23.8 Å². The minimum absolute atomic E-state index is 0.328. The zero-order valence-corrected chi connectivity index (χ0v) is 16.1. The first kappa shape index (κ1) is 18.3. The normalized spacial score (nSPS) is 24.2. The number of likely N-dealkylation sites (tertiary alicyclic amines) is 2. The molecule has 2 saturated heterocycles. The number of hydrogen-bond acceptors (Lipinski definition) is 4. The lowest BCUT2D eigenvalue weighted by Crippen LogP contribution is -2.44. The molecule has 0 bridgehead atoms. The lowest BCUT2D eigenvalue weighted by atomic mass is 9.92. The first-order chi connectivity index (χ1) is 11.9. The Morgan fingerprint density at radius 1 is 1.20 bits per heavy atom. The van der Waals surface area contributed by atoms with Crippen molar-refractivity contribution in [2.75, 3.05) is 19.6 Å². The van der Waals surface area contributed by atoms with Gasteiger partial charge in [0.15, 0.2) is 0 Å². The predicted molar refractivity (Wildman–Crippen MR) is 99.1 cm³/mol. The first-order valence-electron chi connectivity index (χ1n) is 9.76. The van der Waals surface area contributed by atoms with Crippen molar-refractivity contribution in [3.63, 3.8) is 0 Å². The number of carbonyl (C=O) groups excluding carboxylic acids is 1. The van der Waals surface area contributed by atoms with Gasteiger partial charge in [-0.2, -0.15) is 0 Å². The second-order valence-corrected chi connectivity index (χ2v) is 8.44. The van der Waals surface area contributed by atoms with Crippen LogP contribution < -0.4 is 0 Å². The van der Waals surface area contributed by atoms with Crippen LogP contribution in [0.3, 0.4) is 0 Å². The van der Waals surface area contributed by atoms with Crippen LogP contribution in [0.25, 0.3) is 0 Å². The van der Waals surface area contributed by atoms with Gasteiger partial charge in [0.1, 0.15) is 5.82 Å². The molecule has 1 aromatic rings. The first-order valence-corrected chi connectivity index (χ1v) is 9.76. The van der Waals surface area contributed by atoms with E-state index in [1.165, 1.54) is 18.4 Å². The van der Waals surface area contributed by atoms with Crippen LogP contribution in [0.1, 0.15) is 64.3 Å². The molecule has 5 heteroatoms. The van der Waals surface area contributed by atoms with E-state index < -0.39 is 0 Å². The Hall–Kier alpha value is -1.49. The van der Waals surface area contributed by atoms with Crippen LogP contribution in [0.4, 0.5) is 0 Å². The molecule has 1 amide bonds. The second kappa shape index (κ2) is 7.81. The van der Waals surface area contributed by atoms with Gasteiger partial charge < -0.3 is 4.90 Å². The quantitative estimate of drug-likeness (QED) is 0.824. The minimum Gasteiger partial charge on any atom is -0.341 e. The third-order valence-corrected chi connectivity index (χ3v) is 5.46. The van der Waals surface area contributed by atoms with E-state index in [0.717, 1.165) is 32.0 Å². The van der Waals surface area contributed by atoms with Gasteiger partial charge >= 0.3 is 0 Å². The van der Waals surface area contributed by atoms with Crippen molar-refractivity contribution in [2.24, 2.45) is 11.8 Å². The van der Waals surface area contributed by atoms with Gasteiger partial charge in [0, 0.05) is 56.0 Å². The Morgan fingerprint density at radius 3 is 2.56 bits per heavy atom. The number of carbonyl (C=O) groups is 1. The van der Waals surface area contributed by atoms with Crippen LogP contribution in [-0.2, 0) is 11.3 Å². The van der Waals surface area contributed by atoms with Crippen molar-refractivity contribution in [1.29, 1.82) is 0 Å². The van der Waals surface area contributed by atoms with Crippen LogP contribution in [0.2, 0.25) is 0 Å². The molecule has 5 nitrogen and oxygen atoms in total.